The van der Waals surface area contributed by atoms with Gasteiger partial charge in [0.1, 0.15) is 0 Å². The van der Waals surface area contributed by atoms with Gasteiger partial charge in [-0.3, -0.25) is 0 Å². The van der Waals surface area contributed by atoms with Gasteiger partial charge in [-0.05, 0) is 91.8 Å². The van der Waals surface area contributed by atoms with Crippen LogP contribution in [0.3, 0.4) is 0 Å². The van der Waals surface area contributed by atoms with E-state index in [9.17, 15) is 13.7 Å². The maximum absolute atomic E-state index is 9.84. The second-order valence-electron chi connectivity index (χ2n) is 11.6. The van der Waals surface area contributed by atoms with E-state index in [1.165, 1.54) is 0 Å². The fourth-order valence-corrected chi connectivity index (χ4v) is 6.11. The van der Waals surface area contributed by atoms with Gasteiger partial charge in [-0.15, -0.1) is 0 Å². The highest BCUT2D eigenvalue weighted by atomic mass is 15.0. The Hall–Kier alpha value is -7.43. The Morgan fingerprint density at radius 1 is 0.291 bits per heavy atom. The smallest absolute Gasteiger partial charge is 0.164 e. The Kier molecular flexibility index (Phi) is 2.95. The molecule has 55 heavy (non-hydrogen) atoms. The highest BCUT2D eigenvalue weighted by Crippen LogP contribution is 2.38. The second kappa shape index (κ2) is 12.6. The maximum atomic E-state index is 9.84. The van der Waals surface area contributed by atoms with Gasteiger partial charge in [-0.1, -0.05) is 145 Å². The third-order valence-electron chi connectivity index (χ3n) is 8.49. The van der Waals surface area contributed by atoms with Crippen LogP contribution < -0.4 is 0 Å². The molecular weight excluding hydrogens is 669 g/mol. The Bertz CT molecular complexity index is 5000. The van der Waals surface area contributed by atoms with Gasteiger partial charge in [-0.25, -0.2) is 15.0 Å². The highest BCUT2D eigenvalue weighted by molar-refractivity contribution is 6.25. The van der Waals surface area contributed by atoms with Crippen LogP contribution in [0.5, 0.6) is 0 Å². The van der Waals surface area contributed by atoms with E-state index in [2.05, 4.69) is 15.0 Å². The van der Waals surface area contributed by atoms with Crippen LogP contribution in [0.4, 0.5) is 0 Å². The Morgan fingerprint density at radius 2 is 0.709 bits per heavy atom. The zero-order chi connectivity index (χ0) is 64.1. The van der Waals surface area contributed by atoms with Gasteiger partial charge < -0.3 is 4.57 Å². The summed E-state index contributed by atoms with van der Waals surface area (Å²) in [7, 11) is 0. The van der Waals surface area contributed by atoms with Gasteiger partial charge >= 0.3 is 0 Å². The number of aromatic nitrogens is 4. The van der Waals surface area contributed by atoms with Crippen molar-refractivity contribution in [3.63, 3.8) is 0 Å². The SMILES string of the molecule is [2H]c1c([2H])c([2H])c(-c2nc(-c3c([2H])c([2H])c(-n4c5c([2H])c([2H])c([2H])c([2H])c5c5c([2H])c(-c6c([2H])c([2H])c([2H])c([2H])c6[2H])c([2H])c([2H])c54)c([2H])c3[2H])nc(-c3c([2H])c([2H])c4c5c([2H])c([2H])c([2H])c([2H])c5c5c([2H])c([2H])c([2H])c([2H])c5c4c3[2H])n2)c([2H])c1[2H]. The monoisotopic (exact) mass is 732 g/mol. The lowest BCUT2D eigenvalue weighted by atomic mass is 9.93. The lowest BCUT2D eigenvalue weighted by molar-refractivity contribution is 1.07. The Morgan fingerprint density at radius 3 is 1.35 bits per heavy atom. The van der Waals surface area contributed by atoms with E-state index in [4.69, 9.17) is 30.2 Å². The molecule has 0 aliphatic rings. The van der Waals surface area contributed by atoms with Crippen LogP contribution in [0, 0.1) is 0 Å². The molecule has 0 atom stereocenters. The predicted octanol–water partition coefficient (Wildman–Crippen LogP) is 13.1. The first kappa shape index (κ1) is 12.9. The Balaban J connectivity index is 1.29. The number of benzene rings is 9. The molecule has 2 aromatic heterocycles. The molecule has 256 valence electrons. The van der Waals surface area contributed by atoms with Gasteiger partial charge in [0.15, 0.2) is 17.5 Å². The Labute approximate surface area is 362 Å². The molecule has 4 nitrogen and oxygen atoms in total. The minimum absolute atomic E-state index is 0.494. The fraction of sp³-hybridized carbons (Fsp3) is 0. The van der Waals surface area contributed by atoms with Gasteiger partial charge in [0.25, 0.3) is 0 Å². The number of fused-ring (bicyclic) bond motifs is 9. The van der Waals surface area contributed by atoms with Crippen molar-refractivity contribution in [1.29, 1.82) is 0 Å². The quantitative estimate of drug-likeness (QED) is 0.166. The summed E-state index contributed by atoms with van der Waals surface area (Å²) < 4.78 is 287. The third kappa shape index (κ3) is 5.19. The van der Waals surface area contributed by atoms with Crippen molar-refractivity contribution in [2.24, 2.45) is 0 Å². The average Bonchev–Trinajstić information content (AvgIpc) is 1.70. The number of hydrogen-bond donors (Lipinski definition) is 0. The summed E-state index contributed by atoms with van der Waals surface area (Å²) in [6.07, 6.45) is 0. The average molecular weight is 733 g/mol. The zero-order valence-corrected chi connectivity index (χ0v) is 27.3. The lowest BCUT2D eigenvalue weighted by Gasteiger charge is -2.13. The molecule has 0 spiro atoms. The minimum atomic E-state index is -1.15. The standard InChI is InChI=1S/C51H32N4/c1-3-13-33(14-4-1)36-26-30-48-46(31-36)44-21-11-12-22-47(44)55(48)38-27-23-35(24-28-38)50-52-49(34-15-5-2-6-16-34)53-51(54-50)37-25-29-43-41-19-8-7-17-39(41)40-18-9-10-20-42(40)45(43)32-37/h1-32H/i1D,2D,3D,4D,5D,6D,7D,8D,9D,10D,11D,12D,13D,14D,15D,16D,17D,18D,19D,20D,21D,22D,23D,24D,25D,26D,27D,28D,29D,30D,31D,32D. The van der Waals surface area contributed by atoms with Crippen LogP contribution in [0.1, 0.15) is 43.9 Å². The molecule has 0 N–H and O–H groups in total. The molecule has 0 saturated heterocycles. The van der Waals surface area contributed by atoms with Crippen LogP contribution in [0.25, 0.3) is 105 Å². The summed E-state index contributed by atoms with van der Waals surface area (Å²) in [4.78, 5) is 13.0. The molecule has 0 bridgehead atoms. The molecule has 0 fully saturated rings. The van der Waals surface area contributed by atoms with Crippen LogP contribution in [0.2, 0.25) is 0 Å². The topological polar surface area (TPSA) is 43.6 Å². The number of rotatable bonds is 5. The summed E-state index contributed by atoms with van der Waals surface area (Å²) in [5, 5.41) is -4.55. The molecule has 0 aliphatic carbocycles. The fourth-order valence-electron chi connectivity index (χ4n) is 6.11. The molecule has 4 heteroatoms. The summed E-state index contributed by atoms with van der Waals surface area (Å²) in [6.45, 7) is 0. The molecule has 0 saturated carbocycles. The number of nitrogens with zero attached hydrogens (tertiary/aromatic N) is 4. The van der Waals surface area contributed by atoms with Crippen molar-refractivity contribution in [3.8, 4) is 51.0 Å². The molecular formula is C51H32N4. The van der Waals surface area contributed by atoms with Gasteiger partial charge in [0, 0.05) is 33.2 Å². The van der Waals surface area contributed by atoms with Crippen molar-refractivity contribution in [1.82, 2.24) is 19.5 Å². The van der Waals surface area contributed by atoms with E-state index in [0.717, 1.165) is 0 Å². The van der Waals surface area contributed by atoms with Crippen molar-refractivity contribution < 1.29 is 43.9 Å². The van der Waals surface area contributed by atoms with Crippen molar-refractivity contribution in [3.05, 3.63) is 193 Å². The molecule has 2 heterocycles. The third-order valence-corrected chi connectivity index (χ3v) is 8.49. The summed E-state index contributed by atoms with van der Waals surface area (Å²) in [6, 6.07) is -30.1. The van der Waals surface area contributed by atoms with Crippen LogP contribution in [-0.2, 0) is 0 Å². The van der Waals surface area contributed by atoms with E-state index in [0.29, 0.717) is 4.57 Å². The highest BCUT2D eigenvalue weighted by Gasteiger charge is 2.17. The summed E-state index contributed by atoms with van der Waals surface area (Å²) in [5.41, 5.74) is -6.40. The van der Waals surface area contributed by atoms with Crippen molar-refractivity contribution in [2.75, 3.05) is 0 Å². The van der Waals surface area contributed by atoms with E-state index in [-0.39, 0.29) is 0 Å². The van der Waals surface area contributed by atoms with E-state index in [1.807, 2.05) is 0 Å². The normalized spacial score (nSPS) is 19.8. The van der Waals surface area contributed by atoms with Crippen molar-refractivity contribution in [2.45, 2.75) is 0 Å². The summed E-state index contributed by atoms with van der Waals surface area (Å²) in [5.74, 6) is -2.85. The van der Waals surface area contributed by atoms with Crippen molar-refractivity contribution >= 4 is 54.1 Å². The largest absolute Gasteiger partial charge is 0.309 e. The number of para-hydroxylation sites is 1. The molecule has 0 unspecified atom stereocenters. The molecule has 0 aliphatic heterocycles. The minimum Gasteiger partial charge on any atom is -0.309 e. The molecule has 11 rings (SSSR count). The number of hydrogen-bond acceptors (Lipinski definition) is 3. The van der Waals surface area contributed by atoms with Crippen LogP contribution >= 0.6 is 0 Å². The molecule has 11 aromatic rings. The first-order valence-electron chi connectivity index (χ1n) is 32.0. The van der Waals surface area contributed by atoms with Gasteiger partial charge in [0.2, 0.25) is 0 Å². The van der Waals surface area contributed by atoms with E-state index < -0.39 is 298 Å². The maximum Gasteiger partial charge on any atom is 0.164 e. The van der Waals surface area contributed by atoms with Crippen LogP contribution in [-0.4, -0.2) is 19.5 Å². The van der Waals surface area contributed by atoms with E-state index >= 15 is 0 Å². The predicted molar refractivity (Wildman–Crippen MR) is 228 cm³/mol. The van der Waals surface area contributed by atoms with Gasteiger partial charge in [0.05, 0.1) is 54.9 Å². The van der Waals surface area contributed by atoms with E-state index in [1.54, 1.807) is 0 Å². The first-order chi connectivity index (χ1) is 40.6. The van der Waals surface area contributed by atoms with Gasteiger partial charge in [-0.2, -0.15) is 0 Å². The lowest BCUT2D eigenvalue weighted by Crippen LogP contribution is -2.00. The molecule has 0 amide bonds. The summed E-state index contributed by atoms with van der Waals surface area (Å²) >= 11 is 0. The molecule has 0 radical (unpaired) electrons. The zero-order valence-electron chi connectivity index (χ0n) is 59.3. The van der Waals surface area contributed by atoms with Crippen LogP contribution in [0.15, 0.2) is 193 Å². The molecule has 9 aromatic carbocycles. The second-order valence-corrected chi connectivity index (χ2v) is 11.6. The first-order valence-corrected chi connectivity index (χ1v) is 16.0.